The summed E-state index contributed by atoms with van der Waals surface area (Å²) in [6, 6.07) is 11.8. The van der Waals surface area contributed by atoms with E-state index in [4.69, 9.17) is 0 Å². The van der Waals surface area contributed by atoms with E-state index < -0.39 is 11.9 Å². The van der Waals surface area contributed by atoms with Crippen LogP contribution in [0.1, 0.15) is 36.2 Å². The van der Waals surface area contributed by atoms with Gasteiger partial charge in [0.25, 0.3) is 5.91 Å². The topological polar surface area (TPSA) is 79.2 Å². The second-order valence-electron chi connectivity index (χ2n) is 5.79. The van der Waals surface area contributed by atoms with Crippen LogP contribution in [-0.4, -0.2) is 23.8 Å². The Morgan fingerprint density at radius 1 is 1.00 bits per heavy atom. The van der Waals surface area contributed by atoms with Gasteiger partial charge in [0.05, 0.1) is 0 Å². The number of carbonyl (C=O) groups is 3. The zero-order valence-electron chi connectivity index (χ0n) is 14.4. The molecule has 1 aromatic carbocycles. The van der Waals surface area contributed by atoms with Crippen LogP contribution in [0.2, 0.25) is 0 Å². The van der Waals surface area contributed by atoms with E-state index >= 15 is 0 Å². The summed E-state index contributed by atoms with van der Waals surface area (Å²) in [7, 11) is 0. The van der Waals surface area contributed by atoms with Gasteiger partial charge in [0.15, 0.2) is 18.2 Å². The Morgan fingerprint density at radius 3 is 2.20 bits per heavy atom. The van der Waals surface area contributed by atoms with E-state index in [1.165, 1.54) is 0 Å². The summed E-state index contributed by atoms with van der Waals surface area (Å²) in [5, 5.41) is 4.94. The highest BCUT2D eigenvalue weighted by Gasteiger charge is 2.15. The molecular weight excluding hydrogens is 318 g/mol. The summed E-state index contributed by atoms with van der Waals surface area (Å²) >= 11 is 0. The number of benzene rings is 1. The van der Waals surface area contributed by atoms with Gasteiger partial charge in [-0.05, 0) is 13.3 Å². The van der Waals surface area contributed by atoms with Crippen molar-refractivity contribution in [3.63, 3.8) is 0 Å². The maximum absolute atomic E-state index is 12.3. The van der Waals surface area contributed by atoms with Crippen molar-refractivity contribution in [3.05, 3.63) is 66.0 Å². The highest BCUT2D eigenvalue weighted by atomic mass is 16.2. The first-order valence-electron chi connectivity index (χ1n) is 8.18. The van der Waals surface area contributed by atoms with E-state index in [0.717, 1.165) is 6.42 Å². The molecule has 6 heteroatoms. The molecule has 0 bridgehead atoms. The molecule has 6 nitrogen and oxygen atoms in total. The maximum atomic E-state index is 12.3. The predicted molar refractivity (Wildman–Crippen MR) is 92.9 cm³/mol. The molecule has 0 spiro atoms. The van der Waals surface area contributed by atoms with Gasteiger partial charge in [-0.25, -0.2) is 4.79 Å². The average Bonchev–Trinajstić information content (AvgIpc) is 2.62. The smallest absolute Gasteiger partial charge is 0.321 e. The Morgan fingerprint density at radius 2 is 1.60 bits per heavy atom. The molecule has 0 unspecified atom stereocenters. The molecule has 0 saturated heterocycles. The van der Waals surface area contributed by atoms with E-state index in [-0.39, 0.29) is 18.4 Å². The van der Waals surface area contributed by atoms with E-state index in [9.17, 15) is 14.4 Å². The first kappa shape index (κ1) is 18.3. The molecule has 130 valence electrons. The molecule has 0 fully saturated rings. The fourth-order valence-electron chi connectivity index (χ4n) is 2.16. The molecule has 1 aromatic heterocycles. The monoisotopic (exact) mass is 340 g/mol. The van der Waals surface area contributed by atoms with E-state index in [1.54, 1.807) is 41.2 Å². The number of amides is 3. The Labute approximate surface area is 146 Å². The first-order valence-corrected chi connectivity index (χ1v) is 8.18. The molecule has 0 aliphatic heterocycles. The van der Waals surface area contributed by atoms with Crippen LogP contribution in [0, 0.1) is 0 Å². The Hall–Kier alpha value is -3.02. The second kappa shape index (κ2) is 8.73. The van der Waals surface area contributed by atoms with Crippen LogP contribution in [0.3, 0.4) is 0 Å². The largest absolute Gasteiger partial charge is 0.335 e. The molecule has 2 aromatic rings. The number of rotatable bonds is 6. The van der Waals surface area contributed by atoms with E-state index in [2.05, 4.69) is 10.6 Å². The molecule has 3 amide bonds. The molecule has 0 aliphatic rings. The maximum Gasteiger partial charge on any atom is 0.321 e. The summed E-state index contributed by atoms with van der Waals surface area (Å²) in [5.41, 5.74) is 1.15. The summed E-state index contributed by atoms with van der Waals surface area (Å²) in [6.07, 6.45) is 4.07. The van der Waals surface area contributed by atoms with Crippen molar-refractivity contribution < 1.29 is 19.0 Å². The summed E-state index contributed by atoms with van der Waals surface area (Å²) in [4.78, 5) is 35.8. The van der Waals surface area contributed by atoms with Crippen molar-refractivity contribution in [2.75, 3.05) is 0 Å². The number of nitrogens with one attached hydrogen (secondary N) is 2. The van der Waals surface area contributed by atoms with Crippen LogP contribution in [0.4, 0.5) is 4.79 Å². The zero-order chi connectivity index (χ0) is 18.2. The lowest BCUT2D eigenvalue weighted by Crippen LogP contribution is -2.48. The number of hydrogen-bond acceptors (Lipinski definition) is 3. The highest BCUT2D eigenvalue weighted by molar-refractivity contribution is 6.08. The van der Waals surface area contributed by atoms with Gasteiger partial charge in [-0.15, -0.1) is 0 Å². The molecule has 0 radical (unpaired) electrons. The lowest BCUT2D eigenvalue weighted by atomic mass is 10.0. The van der Waals surface area contributed by atoms with Crippen molar-refractivity contribution in [3.8, 4) is 0 Å². The van der Waals surface area contributed by atoms with Gasteiger partial charge in [-0.2, -0.15) is 4.57 Å². The average molecular weight is 340 g/mol. The second-order valence-corrected chi connectivity index (χ2v) is 5.79. The van der Waals surface area contributed by atoms with E-state index in [1.807, 2.05) is 32.0 Å². The normalized spacial score (nSPS) is 11.4. The van der Waals surface area contributed by atoms with Crippen molar-refractivity contribution in [2.45, 2.75) is 32.9 Å². The first-order chi connectivity index (χ1) is 12.0. The molecule has 2 N–H and O–H groups in total. The van der Waals surface area contributed by atoms with E-state index in [0.29, 0.717) is 11.1 Å². The van der Waals surface area contributed by atoms with Gasteiger partial charge in [-0.1, -0.05) is 37.3 Å². The SMILES string of the molecule is CC[C@@H](C)NC(=O)NC(=O)C[n+]1ccc(C(=O)c2ccccc2)cc1. The molecule has 25 heavy (non-hydrogen) atoms. The molecule has 0 saturated carbocycles. The number of ketones is 1. The third-order valence-corrected chi connectivity index (χ3v) is 3.76. The Kier molecular flexibility index (Phi) is 6.39. The minimum Gasteiger partial charge on any atom is -0.335 e. The fourth-order valence-corrected chi connectivity index (χ4v) is 2.16. The summed E-state index contributed by atoms with van der Waals surface area (Å²) in [6.45, 7) is 3.80. The summed E-state index contributed by atoms with van der Waals surface area (Å²) in [5.74, 6) is -0.502. The van der Waals surface area contributed by atoms with Crippen LogP contribution in [0.15, 0.2) is 54.9 Å². The van der Waals surface area contributed by atoms with Crippen molar-refractivity contribution in [1.29, 1.82) is 0 Å². The minimum absolute atomic E-state index is 0.00346. The van der Waals surface area contributed by atoms with Crippen LogP contribution in [-0.2, 0) is 11.3 Å². The Bertz CT molecular complexity index is 742. The van der Waals surface area contributed by atoms with Gasteiger partial charge in [0.2, 0.25) is 6.54 Å². The minimum atomic E-state index is -0.504. The zero-order valence-corrected chi connectivity index (χ0v) is 14.4. The number of hydrogen-bond donors (Lipinski definition) is 2. The fraction of sp³-hybridized carbons (Fsp3) is 0.263. The van der Waals surface area contributed by atoms with Gasteiger partial charge in [-0.3, -0.25) is 14.9 Å². The van der Waals surface area contributed by atoms with Gasteiger partial charge in [0, 0.05) is 29.3 Å². The van der Waals surface area contributed by atoms with Gasteiger partial charge >= 0.3 is 6.03 Å². The van der Waals surface area contributed by atoms with Crippen molar-refractivity contribution in [1.82, 2.24) is 10.6 Å². The van der Waals surface area contributed by atoms with Crippen molar-refractivity contribution in [2.24, 2.45) is 0 Å². The van der Waals surface area contributed by atoms with Crippen LogP contribution >= 0.6 is 0 Å². The molecule has 1 atom stereocenters. The van der Waals surface area contributed by atoms with Gasteiger partial charge in [0.1, 0.15) is 0 Å². The van der Waals surface area contributed by atoms with Crippen LogP contribution in [0.5, 0.6) is 0 Å². The lowest BCUT2D eigenvalue weighted by molar-refractivity contribution is -0.684. The number of urea groups is 1. The van der Waals surface area contributed by atoms with Crippen molar-refractivity contribution >= 4 is 17.7 Å². The number of aromatic nitrogens is 1. The Balaban J connectivity index is 1.93. The molecule has 2 rings (SSSR count). The van der Waals surface area contributed by atoms with Crippen LogP contribution < -0.4 is 15.2 Å². The molecule has 1 heterocycles. The highest BCUT2D eigenvalue weighted by Crippen LogP contribution is 2.07. The number of pyridine rings is 1. The lowest BCUT2D eigenvalue weighted by Gasteiger charge is -2.10. The summed E-state index contributed by atoms with van der Waals surface area (Å²) < 4.78 is 1.60. The third-order valence-electron chi connectivity index (χ3n) is 3.76. The number of carbonyl (C=O) groups excluding carboxylic acids is 3. The number of imide groups is 1. The third kappa shape index (κ3) is 5.53. The van der Waals surface area contributed by atoms with Gasteiger partial charge < -0.3 is 5.32 Å². The predicted octanol–water partition coefficient (Wildman–Crippen LogP) is 1.83. The van der Waals surface area contributed by atoms with Crippen LogP contribution in [0.25, 0.3) is 0 Å². The quantitative estimate of drug-likeness (QED) is 0.622. The standard InChI is InChI=1S/C19H21N3O3/c1-3-14(2)20-19(25)21-17(23)13-22-11-9-16(10-12-22)18(24)15-7-5-4-6-8-15/h4-12,14H,3,13H2,1-2H3,(H-,20,21,23,25)/p+1/t14-/m1/s1. The molecule has 0 aliphatic carbocycles. The number of nitrogens with zero attached hydrogens (tertiary/aromatic N) is 1. The molecular formula is C19H22N3O3+.